The molecule has 0 saturated carbocycles. The molecule has 6 aromatic carbocycles. The molecule has 182 valence electrons. The second-order valence-corrected chi connectivity index (χ2v) is 10.1. The van der Waals surface area contributed by atoms with E-state index in [0.717, 1.165) is 77.1 Å². The molecule has 0 atom stereocenters. The first-order chi connectivity index (χ1) is 19.4. The number of fused-ring (bicyclic) bond motifs is 10. The molecule has 0 fully saturated rings. The molecule has 0 bridgehead atoms. The highest BCUT2D eigenvalue weighted by Crippen LogP contribution is 2.45. The zero-order valence-electron chi connectivity index (χ0n) is 20.9. The fourth-order valence-electron chi connectivity index (χ4n) is 6.33. The molecule has 3 nitrogen and oxygen atoms in total. The summed E-state index contributed by atoms with van der Waals surface area (Å²) in [7, 11) is 0. The maximum absolute atomic E-state index is 6.81. The van der Waals surface area contributed by atoms with Gasteiger partial charge in [-0.1, -0.05) is 84.9 Å². The van der Waals surface area contributed by atoms with E-state index < -0.39 is 0 Å². The molecule has 0 radical (unpaired) electrons. The summed E-state index contributed by atoms with van der Waals surface area (Å²) in [6.45, 7) is 0. The fourth-order valence-corrected chi connectivity index (χ4v) is 6.33. The molecule has 9 rings (SSSR count). The van der Waals surface area contributed by atoms with Crippen molar-refractivity contribution in [1.29, 1.82) is 0 Å². The molecule has 0 aliphatic heterocycles. The van der Waals surface area contributed by atoms with Crippen LogP contribution in [0, 0.1) is 0 Å². The van der Waals surface area contributed by atoms with Crippen molar-refractivity contribution < 1.29 is 8.83 Å². The summed E-state index contributed by atoms with van der Waals surface area (Å²) >= 11 is 0. The molecule has 0 aliphatic rings. The van der Waals surface area contributed by atoms with Crippen molar-refractivity contribution >= 4 is 65.7 Å². The molecule has 0 saturated heterocycles. The maximum Gasteiger partial charge on any atom is 0.161 e. The number of furan rings is 2. The van der Waals surface area contributed by atoms with Crippen LogP contribution in [0.3, 0.4) is 0 Å². The van der Waals surface area contributed by atoms with Crippen LogP contribution in [0.2, 0.25) is 0 Å². The summed E-state index contributed by atoms with van der Waals surface area (Å²) in [4.78, 5) is 0. The standard InChI is InChI=1S/C36H21NO2/c1-2-11-23(12-3-1)37-30-18-7-6-14-27(30)36-33(37)29-17-8-16-26(35(29)39-36)25-15-9-19-31-32(25)28-21-20-22-10-4-5-13-24(22)34(28)38-31/h1-21H. The predicted molar refractivity (Wildman–Crippen MR) is 161 cm³/mol. The predicted octanol–water partition coefficient (Wildman–Crippen LogP) is 10.2. The first-order valence-corrected chi connectivity index (χ1v) is 13.2. The minimum Gasteiger partial charge on any atom is -0.455 e. The molecular formula is C36H21NO2. The lowest BCUT2D eigenvalue weighted by Gasteiger charge is -2.08. The molecule has 0 amide bonds. The van der Waals surface area contributed by atoms with Crippen molar-refractivity contribution in [3.05, 3.63) is 127 Å². The number of hydrogen-bond acceptors (Lipinski definition) is 2. The Balaban J connectivity index is 1.41. The van der Waals surface area contributed by atoms with Crippen LogP contribution in [0.15, 0.2) is 136 Å². The zero-order chi connectivity index (χ0) is 25.5. The van der Waals surface area contributed by atoms with Crippen LogP contribution in [0.4, 0.5) is 0 Å². The van der Waals surface area contributed by atoms with Crippen molar-refractivity contribution in [3.63, 3.8) is 0 Å². The third-order valence-corrected chi connectivity index (χ3v) is 7.99. The molecule has 3 heterocycles. The van der Waals surface area contributed by atoms with Gasteiger partial charge in [0, 0.05) is 38.2 Å². The van der Waals surface area contributed by atoms with E-state index in [0.29, 0.717) is 0 Å². The molecule has 3 aromatic heterocycles. The SMILES string of the molecule is c1ccc(-n2c3ccccc3c3oc4c(-c5cccc6oc7c8ccccc8ccc7c56)cccc4c32)cc1. The van der Waals surface area contributed by atoms with E-state index in [2.05, 4.69) is 132 Å². The van der Waals surface area contributed by atoms with Crippen molar-refractivity contribution in [2.45, 2.75) is 0 Å². The molecule has 0 N–H and O–H groups in total. The van der Waals surface area contributed by atoms with Gasteiger partial charge < -0.3 is 13.4 Å². The number of benzene rings is 6. The van der Waals surface area contributed by atoms with Crippen molar-refractivity contribution in [2.75, 3.05) is 0 Å². The Labute approximate surface area is 223 Å². The van der Waals surface area contributed by atoms with Gasteiger partial charge in [-0.05, 0) is 53.4 Å². The number of para-hydroxylation sites is 3. The van der Waals surface area contributed by atoms with E-state index in [9.17, 15) is 0 Å². The highest BCUT2D eigenvalue weighted by atomic mass is 16.3. The Morgan fingerprint density at radius 1 is 0.436 bits per heavy atom. The molecule has 9 aromatic rings. The van der Waals surface area contributed by atoms with Crippen LogP contribution < -0.4 is 0 Å². The Bertz CT molecular complexity index is 2390. The third kappa shape index (κ3) is 2.76. The minimum absolute atomic E-state index is 0.881. The first kappa shape index (κ1) is 20.7. The third-order valence-electron chi connectivity index (χ3n) is 7.99. The van der Waals surface area contributed by atoms with Crippen LogP contribution in [0.1, 0.15) is 0 Å². The largest absolute Gasteiger partial charge is 0.455 e. The Morgan fingerprint density at radius 2 is 1.18 bits per heavy atom. The highest BCUT2D eigenvalue weighted by Gasteiger charge is 2.22. The summed E-state index contributed by atoms with van der Waals surface area (Å²) in [5, 5.41) is 6.74. The van der Waals surface area contributed by atoms with Crippen molar-refractivity contribution in [1.82, 2.24) is 4.57 Å². The zero-order valence-corrected chi connectivity index (χ0v) is 20.9. The summed E-state index contributed by atoms with van der Waals surface area (Å²) in [6, 6.07) is 44.5. The maximum atomic E-state index is 6.81. The fraction of sp³-hybridized carbons (Fsp3) is 0. The van der Waals surface area contributed by atoms with E-state index in [-0.39, 0.29) is 0 Å². The van der Waals surface area contributed by atoms with Crippen LogP contribution in [0.25, 0.3) is 82.5 Å². The lowest BCUT2D eigenvalue weighted by Crippen LogP contribution is -1.92. The first-order valence-electron chi connectivity index (χ1n) is 13.2. The number of aromatic nitrogens is 1. The summed E-state index contributed by atoms with van der Waals surface area (Å²) in [6.07, 6.45) is 0. The average molecular weight is 500 g/mol. The molecule has 0 aliphatic carbocycles. The van der Waals surface area contributed by atoms with Gasteiger partial charge in [0.2, 0.25) is 0 Å². The van der Waals surface area contributed by atoms with Gasteiger partial charge in [0.25, 0.3) is 0 Å². The van der Waals surface area contributed by atoms with E-state index in [1.165, 1.54) is 5.39 Å². The highest BCUT2D eigenvalue weighted by molar-refractivity contribution is 6.23. The van der Waals surface area contributed by atoms with E-state index in [1.807, 2.05) is 0 Å². The van der Waals surface area contributed by atoms with Gasteiger partial charge in [0.15, 0.2) is 5.58 Å². The van der Waals surface area contributed by atoms with Gasteiger partial charge >= 0.3 is 0 Å². The topological polar surface area (TPSA) is 31.2 Å². The summed E-state index contributed by atoms with van der Waals surface area (Å²) < 4.78 is 15.6. The molecule has 0 spiro atoms. The van der Waals surface area contributed by atoms with Crippen molar-refractivity contribution in [3.8, 4) is 16.8 Å². The van der Waals surface area contributed by atoms with Crippen LogP contribution in [-0.2, 0) is 0 Å². The lowest BCUT2D eigenvalue weighted by atomic mass is 9.97. The second-order valence-electron chi connectivity index (χ2n) is 10.1. The molecule has 3 heteroatoms. The lowest BCUT2D eigenvalue weighted by molar-refractivity contribution is 0.672. The van der Waals surface area contributed by atoms with Gasteiger partial charge in [-0.25, -0.2) is 0 Å². The van der Waals surface area contributed by atoms with Gasteiger partial charge in [-0.2, -0.15) is 0 Å². The Hall–Kier alpha value is -5.28. The number of nitrogens with zero attached hydrogens (tertiary/aromatic N) is 1. The quantitative estimate of drug-likeness (QED) is 0.237. The minimum atomic E-state index is 0.881. The molecule has 0 unspecified atom stereocenters. The Kier molecular flexibility index (Phi) is 4.05. The Morgan fingerprint density at radius 3 is 2.10 bits per heavy atom. The van der Waals surface area contributed by atoms with Crippen molar-refractivity contribution in [2.24, 2.45) is 0 Å². The van der Waals surface area contributed by atoms with E-state index in [1.54, 1.807) is 0 Å². The smallest absolute Gasteiger partial charge is 0.161 e. The molecule has 39 heavy (non-hydrogen) atoms. The number of hydrogen-bond donors (Lipinski definition) is 0. The monoisotopic (exact) mass is 499 g/mol. The van der Waals surface area contributed by atoms with Gasteiger partial charge in [0.05, 0.1) is 5.52 Å². The average Bonchev–Trinajstić information content (AvgIpc) is 3.66. The van der Waals surface area contributed by atoms with Gasteiger partial charge in [-0.15, -0.1) is 0 Å². The van der Waals surface area contributed by atoms with E-state index >= 15 is 0 Å². The van der Waals surface area contributed by atoms with Gasteiger partial charge in [0.1, 0.15) is 22.3 Å². The summed E-state index contributed by atoms with van der Waals surface area (Å²) in [5.41, 5.74) is 9.13. The number of rotatable bonds is 2. The van der Waals surface area contributed by atoms with Gasteiger partial charge in [-0.3, -0.25) is 0 Å². The summed E-state index contributed by atoms with van der Waals surface area (Å²) in [5.74, 6) is 0. The van der Waals surface area contributed by atoms with Crippen LogP contribution in [-0.4, -0.2) is 4.57 Å². The van der Waals surface area contributed by atoms with Crippen LogP contribution >= 0.6 is 0 Å². The molecular weight excluding hydrogens is 478 g/mol. The normalized spacial score (nSPS) is 12.1. The second kappa shape index (κ2) is 7.62. The van der Waals surface area contributed by atoms with Crippen LogP contribution in [0.5, 0.6) is 0 Å². The van der Waals surface area contributed by atoms with E-state index in [4.69, 9.17) is 8.83 Å².